The van der Waals surface area contributed by atoms with Gasteiger partial charge in [0, 0.05) is 24.8 Å². The van der Waals surface area contributed by atoms with Gasteiger partial charge >= 0.3 is 6.03 Å². The highest BCUT2D eigenvalue weighted by atomic mass is 16.5. The Kier molecular flexibility index (Phi) is 5.75. The number of ether oxygens (including phenoxy) is 1. The lowest BCUT2D eigenvalue weighted by Crippen LogP contribution is -2.48. The number of methoxy groups -OCH3 is 1. The molecule has 1 aliphatic heterocycles. The van der Waals surface area contributed by atoms with Crippen molar-refractivity contribution in [2.75, 3.05) is 39.1 Å². The molecule has 1 aromatic rings. The number of benzene rings is 1. The van der Waals surface area contributed by atoms with Crippen LogP contribution in [0.4, 0.5) is 10.5 Å². The van der Waals surface area contributed by atoms with Gasteiger partial charge in [0.15, 0.2) is 0 Å². The summed E-state index contributed by atoms with van der Waals surface area (Å²) in [6, 6.07) is 6.05. The number of hydrogen-bond acceptors (Lipinski definition) is 5. The van der Waals surface area contributed by atoms with E-state index in [-0.39, 0.29) is 24.4 Å². The number of rotatable bonds is 6. The van der Waals surface area contributed by atoms with Gasteiger partial charge in [0.05, 0.1) is 19.7 Å². The number of nitrogens with zero attached hydrogens (tertiary/aromatic N) is 2. The molecule has 0 unspecified atom stereocenters. The summed E-state index contributed by atoms with van der Waals surface area (Å²) in [6.07, 6.45) is 0. The Morgan fingerprint density at radius 2 is 2.21 bits per heavy atom. The van der Waals surface area contributed by atoms with Gasteiger partial charge in [-0.1, -0.05) is 6.07 Å². The number of urea groups is 1. The molecule has 8 heteroatoms. The molecule has 1 saturated heterocycles. The van der Waals surface area contributed by atoms with Crippen LogP contribution in [-0.2, 0) is 9.59 Å². The summed E-state index contributed by atoms with van der Waals surface area (Å²) >= 11 is 0. The van der Waals surface area contributed by atoms with Crippen LogP contribution in [0.2, 0.25) is 0 Å². The third-order valence-corrected chi connectivity index (χ3v) is 3.89. The van der Waals surface area contributed by atoms with Crippen molar-refractivity contribution in [3.8, 4) is 5.75 Å². The molecule has 1 aliphatic rings. The van der Waals surface area contributed by atoms with Crippen molar-refractivity contribution in [1.29, 1.82) is 0 Å². The van der Waals surface area contributed by atoms with Crippen molar-refractivity contribution in [2.45, 2.75) is 13.0 Å². The quantitative estimate of drug-likeness (QED) is 0.791. The number of carbonyl (C=O) groups excluding carboxylic acids is 3. The molecule has 2 N–H and O–H groups in total. The lowest BCUT2D eigenvalue weighted by Gasteiger charge is -2.26. The van der Waals surface area contributed by atoms with Gasteiger partial charge in [-0.2, -0.15) is 0 Å². The maximum Gasteiger partial charge on any atom is 0.324 e. The summed E-state index contributed by atoms with van der Waals surface area (Å²) in [4.78, 5) is 38.8. The molecule has 1 heterocycles. The fourth-order valence-electron chi connectivity index (χ4n) is 2.36. The van der Waals surface area contributed by atoms with Crippen LogP contribution in [-0.4, -0.2) is 67.5 Å². The van der Waals surface area contributed by atoms with Gasteiger partial charge in [-0.25, -0.2) is 4.79 Å². The Bertz CT molecular complexity index is 634. The molecule has 8 nitrogen and oxygen atoms in total. The van der Waals surface area contributed by atoms with Gasteiger partial charge < -0.3 is 15.4 Å². The van der Waals surface area contributed by atoms with E-state index in [0.29, 0.717) is 24.5 Å². The number of amides is 4. The van der Waals surface area contributed by atoms with Crippen LogP contribution in [0.3, 0.4) is 0 Å². The molecule has 0 spiro atoms. The standard InChI is InChI=1S/C16H22N4O4/c1-11(15(22)20-8-7-17-16(20)23)19(2)10-14(21)18-12-5-4-6-13(9-12)24-3/h4-6,9,11H,7-8,10H2,1-3H3,(H,17,23)(H,18,21)/t11-/m1/s1. The minimum absolute atomic E-state index is 0.0274. The molecule has 24 heavy (non-hydrogen) atoms. The van der Waals surface area contributed by atoms with Gasteiger partial charge in [-0.05, 0) is 26.1 Å². The number of anilines is 1. The predicted octanol–water partition coefficient (Wildman–Crippen LogP) is 0.506. The topological polar surface area (TPSA) is 91.0 Å². The summed E-state index contributed by atoms with van der Waals surface area (Å²) in [5.74, 6) is 0.0719. The molecule has 4 amide bonds. The van der Waals surface area contributed by atoms with E-state index >= 15 is 0 Å². The second kappa shape index (κ2) is 7.78. The molecule has 0 bridgehead atoms. The van der Waals surface area contributed by atoms with Crippen molar-refractivity contribution in [2.24, 2.45) is 0 Å². The highest BCUT2D eigenvalue weighted by Gasteiger charge is 2.31. The van der Waals surface area contributed by atoms with Crippen molar-refractivity contribution in [3.05, 3.63) is 24.3 Å². The average molecular weight is 334 g/mol. The largest absolute Gasteiger partial charge is 0.497 e. The Balaban J connectivity index is 1.90. The average Bonchev–Trinajstić information content (AvgIpc) is 2.99. The van der Waals surface area contributed by atoms with Gasteiger partial charge in [0.1, 0.15) is 5.75 Å². The molecule has 0 aliphatic carbocycles. The first-order valence-electron chi connectivity index (χ1n) is 7.65. The number of hydrogen-bond donors (Lipinski definition) is 2. The van der Waals surface area contributed by atoms with E-state index in [1.807, 2.05) is 0 Å². The first-order chi connectivity index (χ1) is 11.4. The zero-order valence-electron chi connectivity index (χ0n) is 14.0. The Labute approximate surface area is 140 Å². The fraction of sp³-hybridized carbons (Fsp3) is 0.438. The van der Waals surface area contributed by atoms with Crippen LogP contribution >= 0.6 is 0 Å². The van der Waals surface area contributed by atoms with Crippen LogP contribution in [0.1, 0.15) is 6.92 Å². The third-order valence-electron chi connectivity index (χ3n) is 3.89. The number of nitrogens with one attached hydrogen (secondary N) is 2. The predicted molar refractivity (Wildman–Crippen MR) is 88.8 cm³/mol. The molecule has 130 valence electrons. The molecule has 0 aromatic heterocycles. The minimum Gasteiger partial charge on any atom is -0.497 e. The SMILES string of the molecule is COc1cccc(NC(=O)CN(C)[C@H](C)C(=O)N2CCNC2=O)c1. The second-order valence-electron chi connectivity index (χ2n) is 5.59. The Hall–Kier alpha value is -2.61. The molecule has 1 fully saturated rings. The second-order valence-corrected chi connectivity index (χ2v) is 5.59. The maximum absolute atomic E-state index is 12.3. The minimum atomic E-state index is -0.579. The molecule has 0 saturated carbocycles. The zero-order valence-corrected chi connectivity index (χ0v) is 14.0. The van der Waals surface area contributed by atoms with E-state index in [9.17, 15) is 14.4 Å². The van der Waals surface area contributed by atoms with Crippen LogP contribution in [0.5, 0.6) is 5.75 Å². The third kappa shape index (κ3) is 4.23. The monoisotopic (exact) mass is 334 g/mol. The van der Waals surface area contributed by atoms with Crippen LogP contribution in [0.25, 0.3) is 0 Å². The molecule has 0 radical (unpaired) electrons. The molecule has 1 atom stereocenters. The highest BCUT2D eigenvalue weighted by Crippen LogP contribution is 2.16. The summed E-state index contributed by atoms with van der Waals surface area (Å²) in [7, 11) is 3.22. The van der Waals surface area contributed by atoms with Gasteiger partial charge in [0.25, 0.3) is 0 Å². The molecule has 2 rings (SSSR count). The summed E-state index contributed by atoms with van der Waals surface area (Å²) in [5.41, 5.74) is 0.616. The van der Waals surface area contributed by atoms with E-state index in [1.54, 1.807) is 50.2 Å². The first-order valence-corrected chi connectivity index (χ1v) is 7.65. The van der Waals surface area contributed by atoms with Gasteiger partial charge in [0.2, 0.25) is 11.8 Å². The van der Waals surface area contributed by atoms with Gasteiger partial charge in [-0.15, -0.1) is 0 Å². The summed E-state index contributed by atoms with van der Waals surface area (Å²) in [5, 5.41) is 5.34. The van der Waals surface area contributed by atoms with Crippen molar-refractivity contribution in [1.82, 2.24) is 15.1 Å². The zero-order chi connectivity index (χ0) is 17.7. The molecular formula is C16H22N4O4. The van der Waals surface area contributed by atoms with Gasteiger partial charge in [-0.3, -0.25) is 19.4 Å². The van der Waals surface area contributed by atoms with Crippen LogP contribution < -0.4 is 15.4 Å². The molecular weight excluding hydrogens is 312 g/mol. The van der Waals surface area contributed by atoms with Crippen molar-refractivity contribution >= 4 is 23.5 Å². The number of carbonyl (C=O) groups is 3. The number of likely N-dealkylation sites (N-methyl/N-ethyl adjacent to an activating group) is 1. The summed E-state index contributed by atoms with van der Waals surface area (Å²) in [6.45, 7) is 2.51. The molecule has 1 aromatic carbocycles. The number of imide groups is 1. The lowest BCUT2D eigenvalue weighted by atomic mass is 10.2. The van der Waals surface area contributed by atoms with E-state index in [0.717, 1.165) is 0 Å². The van der Waals surface area contributed by atoms with E-state index in [1.165, 1.54) is 4.90 Å². The van der Waals surface area contributed by atoms with Crippen molar-refractivity contribution < 1.29 is 19.1 Å². The first kappa shape index (κ1) is 17.7. The van der Waals surface area contributed by atoms with Crippen molar-refractivity contribution in [3.63, 3.8) is 0 Å². The highest BCUT2D eigenvalue weighted by molar-refractivity contribution is 5.98. The fourth-order valence-corrected chi connectivity index (χ4v) is 2.36. The Morgan fingerprint density at radius 3 is 2.83 bits per heavy atom. The van der Waals surface area contributed by atoms with E-state index in [4.69, 9.17) is 4.74 Å². The maximum atomic E-state index is 12.3. The smallest absolute Gasteiger partial charge is 0.324 e. The summed E-state index contributed by atoms with van der Waals surface area (Å²) < 4.78 is 5.10. The van der Waals surface area contributed by atoms with Crippen LogP contribution in [0.15, 0.2) is 24.3 Å². The van der Waals surface area contributed by atoms with E-state index in [2.05, 4.69) is 10.6 Å². The Morgan fingerprint density at radius 1 is 1.46 bits per heavy atom. The van der Waals surface area contributed by atoms with Crippen LogP contribution in [0, 0.1) is 0 Å². The lowest BCUT2D eigenvalue weighted by molar-refractivity contribution is -0.132. The normalized spacial score (nSPS) is 15.2. The van der Waals surface area contributed by atoms with E-state index < -0.39 is 6.04 Å².